The number of anilines is 1. The van der Waals surface area contributed by atoms with Crippen LogP contribution < -0.4 is 4.90 Å². The van der Waals surface area contributed by atoms with Gasteiger partial charge in [0.2, 0.25) is 5.91 Å². The van der Waals surface area contributed by atoms with Crippen LogP contribution in [0.3, 0.4) is 0 Å². The van der Waals surface area contributed by atoms with Crippen molar-refractivity contribution in [1.29, 1.82) is 0 Å². The standard InChI is InChI=1S/C13H13NO2/c15-8-10-3-1-2-4-12(10)14-7-9-5-11(6-9)13(14)16/h1-4,8-9,11H,5-7H2. The number of aldehydes is 1. The molecule has 4 rings (SSSR count). The Labute approximate surface area is 94.1 Å². The van der Waals surface area contributed by atoms with Crippen molar-refractivity contribution in [3.63, 3.8) is 0 Å². The first-order valence-electron chi connectivity index (χ1n) is 5.65. The van der Waals surface area contributed by atoms with Crippen LogP contribution in [0.4, 0.5) is 5.69 Å². The summed E-state index contributed by atoms with van der Waals surface area (Å²) in [5.74, 6) is 1.04. The third-order valence-electron chi connectivity index (χ3n) is 3.65. The SMILES string of the molecule is O=Cc1ccccc1N1CC2CC(C2)C1=O. The number of amides is 1. The highest BCUT2D eigenvalue weighted by Gasteiger charge is 2.44. The molecular formula is C13H13NO2. The predicted molar refractivity (Wildman–Crippen MR) is 60.4 cm³/mol. The molecular weight excluding hydrogens is 202 g/mol. The minimum Gasteiger partial charge on any atom is -0.311 e. The van der Waals surface area contributed by atoms with Crippen LogP contribution in [0.15, 0.2) is 24.3 Å². The van der Waals surface area contributed by atoms with Gasteiger partial charge in [-0.2, -0.15) is 0 Å². The Balaban J connectivity index is 1.97. The molecule has 0 aromatic heterocycles. The first kappa shape index (κ1) is 9.58. The lowest BCUT2D eigenvalue weighted by Crippen LogP contribution is -2.53. The number of carbonyl (C=O) groups excluding carboxylic acids is 2. The van der Waals surface area contributed by atoms with Gasteiger partial charge in [-0.3, -0.25) is 9.59 Å². The zero-order valence-electron chi connectivity index (χ0n) is 8.93. The molecule has 1 saturated carbocycles. The van der Waals surface area contributed by atoms with Crippen molar-refractivity contribution < 1.29 is 9.59 Å². The maximum atomic E-state index is 12.0. The van der Waals surface area contributed by atoms with E-state index in [4.69, 9.17) is 0 Å². The molecule has 3 nitrogen and oxygen atoms in total. The summed E-state index contributed by atoms with van der Waals surface area (Å²) in [6.45, 7) is 0.778. The Morgan fingerprint density at radius 1 is 1.25 bits per heavy atom. The second-order valence-corrected chi connectivity index (χ2v) is 4.66. The third kappa shape index (κ3) is 1.28. The van der Waals surface area contributed by atoms with E-state index in [0.717, 1.165) is 31.4 Å². The van der Waals surface area contributed by atoms with Gasteiger partial charge in [0, 0.05) is 18.0 Å². The topological polar surface area (TPSA) is 37.4 Å². The second kappa shape index (κ2) is 3.44. The molecule has 1 aromatic rings. The highest BCUT2D eigenvalue weighted by molar-refractivity contribution is 6.01. The molecule has 2 aliphatic heterocycles. The van der Waals surface area contributed by atoms with Gasteiger partial charge in [-0.05, 0) is 30.9 Å². The lowest BCUT2D eigenvalue weighted by molar-refractivity contribution is -0.129. The number of hydrogen-bond donors (Lipinski definition) is 0. The molecule has 0 N–H and O–H groups in total. The van der Waals surface area contributed by atoms with Crippen LogP contribution in [0.5, 0.6) is 0 Å². The molecule has 1 aliphatic carbocycles. The number of nitrogens with zero attached hydrogens (tertiary/aromatic N) is 1. The lowest BCUT2D eigenvalue weighted by atomic mass is 9.70. The monoisotopic (exact) mass is 215 g/mol. The molecule has 16 heavy (non-hydrogen) atoms. The summed E-state index contributed by atoms with van der Waals surface area (Å²) in [6, 6.07) is 7.31. The van der Waals surface area contributed by atoms with Crippen molar-refractivity contribution in [3.05, 3.63) is 29.8 Å². The van der Waals surface area contributed by atoms with Gasteiger partial charge in [0.25, 0.3) is 0 Å². The summed E-state index contributed by atoms with van der Waals surface area (Å²) in [4.78, 5) is 24.8. The van der Waals surface area contributed by atoms with Crippen LogP contribution in [0.1, 0.15) is 23.2 Å². The van der Waals surface area contributed by atoms with E-state index in [9.17, 15) is 9.59 Å². The van der Waals surface area contributed by atoms with E-state index < -0.39 is 0 Å². The van der Waals surface area contributed by atoms with E-state index in [0.29, 0.717) is 11.5 Å². The fourth-order valence-electron chi connectivity index (χ4n) is 2.71. The van der Waals surface area contributed by atoms with Crippen molar-refractivity contribution >= 4 is 17.9 Å². The van der Waals surface area contributed by atoms with Gasteiger partial charge < -0.3 is 4.90 Å². The molecule has 3 aliphatic rings. The minimum absolute atomic E-state index is 0.191. The quantitative estimate of drug-likeness (QED) is 0.706. The maximum absolute atomic E-state index is 12.0. The molecule has 2 bridgehead atoms. The molecule has 1 aromatic carbocycles. The molecule has 3 fully saturated rings. The minimum atomic E-state index is 0.191. The van der Waals surface area contributed by atoms with Gasteiger partial charge in [-0.25, -0.2) is 0 Å². The van der Waals surface area contributed by atoms with Crippen LogP contribution in [-0.2, 0) is 4.79 Å². The molecule has 2 saturated heterocycles. The lowest BCUT2D eigenvalue weighted by Gasteiger charge is -2.46. The fourth-order valence-corrected chi connectivity index (χ4v) is 2.71. The zero-order valence-corrected chi connectivity index (χ0v) is 8.93. The summed E-state index contributed by atoms with van der Waals surface area (Å²) < 4.78 is 0. The van der Waals surface area contributed by atoms with Crippen LogP contribution in [-0.4, -0.2) is 18.7 Å². The van der Waals surface area contributed by atoms with Gasteiger partial charge in [0.1, 0.15) is 0 Å². The number of benzene rings is 1. The summed E-state index contributed by atoms with van der Waals surface area (Å²) >= 11 is 0. The van der Waals surface area contributed by atoms with Crippen LogP contribution in [0.25, 0.3) is 0 Å². The van der Waals surface area contributed by atoms with Gasteiger partial charge in [0.05, 0.1) is 5.69 Å². The molecule has 0 unspecified atom stereocenters. The van der Waals surface area contributed by atoms with E-state index in [2.05, 4.69) is 0 Å². The Kier molecular flexibility index (Phi) is 2.06. The van der Waals surface area contributed by atoms with E-state index in [1.165, 1.54) is 0 Å². The number of carbonyl (C=O) groups is 2. The van der Waals surface area contributed by atoms with Gasteiger partial charge in [-0.1, -0.05) is 12.1 Å². The number of hydrogen-bond acceptors (Lipinski definition) is 2. The molecule has 0 radical (unpaired) electrons. The van der Waals surface area contributed by atoms with Crippen molar-refractivity contribution in [2.45, 2.75) is 12.8 Å². The highest BCUT2D eigenvalue weighted by atomic mass is 16.2. The van der Waals surface area contributed by atoms with Crippen molar-refractivity contribution in [2.75, 3.05) is 11.4 Å². The Morgan fingerprint density at radius 2 is 2.00 bits per heavy atom. The van der Waals surface area contributed by atoms with Crippen LogP contribution in [0.2, 0.25) is 0 Å². The summed E-state index contributed by atoms with van der Waals surface area (Å²) in [5.41, 5.74) is 1.38. The third-order valence-corrected chi connectivity index (χ3v) is 3.65. The molecule has 0 atom stereocenters. The number of rotatable bonds is 2. The summed E-state index contributed by atoms with van der Waals surface area (Å²) in [5, 5.41) is 0. The van der Waals surface area contributed by atoms with E-state index >= 15 is 0 Å². The number of fused-ring (bicyclic) bond motifs is 2. The first-order valence-corrected chi connectivity index (χ1v) is 5.65. The average molecular weight is 215 g/mol. The highest BCUT2D eigenvalue weighted by Crippen LogP contribution is 2.42. The van der Waals surface area contributed by atoms with Crippen molar-refractivity contribution in [3.8, 4) is 0 Å². The Bertz CT molecular complexity index is 449. The fraction of sp³-hybridized carbons (Fsp3) is 0.385. The van der Waals surface area contributed by atoms with Crippen LogP contribution >= 0.6 is 0 Å². The van der Waals surface area contributed by atoms with Gasteiger partial charge in [-0.15, -0.1) is 0 Å². The molecule has 82 valence electrons. The van der Waals surface area contributed by atoms with Crippen molar-refractivity contribution in [2.24, 2.45) is 11.8 Å². The average Bonchev–Trinajstić information content (AvgIpc) is 2.28. The summed E-state index contributed by atoms with van der Waals surface area (Å²) in [7, 11) is 0. The van der Waals surface area contributed by atoms with Crippen molar-refractivity contribution in [1.82, 2.24) is 0 Å². The largest absolute Gasteiger partial charge is 0.311 e. The normalized spacial score (nSPS) is 27.5. The molecule has 0 spiro atoms. The van der Waals surface area contributed by atoms with E-state index in [1.54, 1.807) is 11.0 Å². The predicted octanol–water partition coefficient (Wildman–Crippen LogP) is 1.87. The maximum Gasteiger partial charge on any atom is 0.230 e. The number of para-hydroxylation sites is 1. The molecule has 2 heterocycles. The van der Waals surface area contributed by atoms with E-state index in [-0.39, 0.29) is 11.8 Å². The zero-order chi connectivity index (χ0) is 11.1. The van der Waals surface area contributed by atoms with E-state index in [1.807, 2.05) is 18.2 Å². The Hall–Kier alpha value is -1.64. The number of piperidine rings is 2. The molecule has 3 heteroatoms. The molecule has 1 amide bonds. The Morgan fingerprint density at radius 3 is 2.69 bits per heavy atom. The smallest absolute Gasteiger partial charge is 0.230 e. The second-order valence-electron chi connectivity index (χ2n) is 4.66. The van der Waals surface area contributed by atoms with Gasteiger partial charge >= 0.3 is 0 Å². The first-order chi connectivity index (χ1) is 7.79. The van der Waals surface area contributed by atoms with Crippen LogP contribution in [0, 0.1) is 11.8 Å². The van der Waals surface area contributed by atoms with Gasteiger partial charge in [0.15, 0.2) is 6.29 Å². The summed E-state index contributed by atoms with van der Waals surface area (Å²) in [6.07, 6.45) is 2.90.